The molecule has 3 N–H and O–H groups in total. The van der Waals surface area contributed by atoms with Gasteiger partial charge in [0.1, 0.15) is 0 Å². The molecule has 1 aliphatic carbocycles. The molecule has 0 aromatic heterocycles. The van der Waals surface area contributed by atoms with Gasteiger partial charge < -0.3 is 15.8 Å². The standard InChI is InChI=1S/C13H26N4O/c1-11(13(14)15-18)17-8-6-16(7-9-17)10-12-4-2-3-5-12/h11-12,18H,2-10H2,1H3,(H2,14,15). The van der Waals surface area contributed by atoms with Gasteiger partial charge in [0, 0.05) is 32.7 Å². The van der Waals surface area contributed by atoms with Crippen molar-refractivity contribution in [1.29, 1.82) is 0 Å². The van der Waals surface area contributed by atoms with Crippen LogP contribution in [0.2, 0.25) is 0 Å². The Balaban J connectivity index is 1.73. The van der Waals surface area contributed by atoms with Crippen molar-refractivity contribution >= 4 is 5.84 Å². The third-order valence-corrected chi connectivity index (χ3v) is 4.49. The second-order valence-corrected chi connectivity index (χ2v) is 5.69. The molecule has 2 fully saturated rings. The highest BCUT2D eigenvalue weighted by molar-refractivity contribution is 5.84. The number of nitrogens with two attached hydrogens (primary N) is 1. The van der Waals surface area contributed by atoms with Crippen molar-refractivity contribution in [2.24, 2.45) is 16.8 Å². The maximum Gasteiger partial charge on any atom is 0.156 e. The Kier molecular flexibility index (Phi) is 4.83. The van der Waals surface area contributed by atoms with Gasteiger partial charge in [0.25, 0.3) is 0 Å². The van der Waals surface area contributed by atoms with Gasteiger partial charge >= 0.3 is 0 Å². The van der Waals surface area contributed by atoms with Gasteiger partial charge in [-0.2, -0.15) is 0 Å². The summed E-state index contributed by atoms with van der Waals surface area (Å²) in [5.74, 6) is 1.25. The lowest BCUT2D eigenvalue weighted by atomic mass is 10.1. The molecular weight excluding hydrogens is 228 g/mol. The predicted octanol–water partition coefficient (Wildman–Crippen LogP) is 0.929. The smallest absolute Gasteiger partial charge is 0.156 e. The van der Waals surface area contributed by atoms with E-state index in [-0.39, 0.29) is 6.04 Å². The normalized spacial score (nSPS) is 26.6. The molecule has 1 saturated carbocycles. The highest BCUT2D eigenvalue weighted by Gasteiger charge is 2.25. The largest absolute Gasteiger partial charge is 0.409 e. The van der Waals surface area contributed by atoms with E-state index < -0.39 is 0 Å². The van der Waals surface area contributed by atoms with Gasteiger partial charge in [-0.1, -0.05) is 18.0 Å². The monoisotopic (exact) mass is 254 g/mol. The molecular formula is C13H26N4O. The zero-order chi connectivity index (χ0) is 13.0. The number of piperazine rings is 1. The van der Waals surface area contributed by atoms with Crippen LogP contribution in [-0.2, 0) is 0 Å². The van der Waals surface area contributed by atoms with Crippen LogP contribution >= 0.6 is 0 Å². The summed E-state index contributed by atoms with van der Waals surface area (Å²) in [6, 6.07) is 0.0450. The molecule has 0 spiro atoms. The van der Waals surface area contributed by atoms with E-state index >= 15 is 0 Å². The van der Waals surface area contributed by atoms with Crippen molar-refractivity contribution in [1.82, 2.24) is 9.80 Å². The van der Waals surface area contributed by atoms with Crippen molar-refractivity contribution in [2.75, 3.05) is 32.7 Å². The fraction of sp³-hybridized carbons (Fsp3) is 0.923. The molecule has 1 heterocycles. The van der Waals surface area contributed by atoms with Crippen molar-refractivity contribution in [3.63, 3.8) is 0 Å². The molecule has 104 valence electrons. The Hall–Kier alpha value is -0.810. The fourth-order valence-electron chi connectivity index (χ4n) is 3.16. The SMILES string of the molecule is CC(C(N)=NO)N1CCN(CC2CCCC2)CC1. The van der Waals surface area contributed by atoms with Gasteiger partial charge in [0.05, 0.1) is 6.04 Å². The second kappa shape index (κ2) is 6.38. The maximum absolute atomic E-state index is 8.70. The fourth-order valence-corrected chi connectivity index (χ4v) is 3.16. The van der Waals surface area contributed by atoms with Crippen LogP contribution < -0.4 is 5.73 Å². The Morgan fingerprint density at radius 1 is 1.28 bits per heavy atom. The number of amidine groups is 1. The number of hydrogen-bond donors (Lipinski definition) is 2. The van der Waals surface area contributed by atoms with E-state index in [2.05, 4.69) is 15.0 Å². The molecule has 5 heteroatoms. The zero-order valence-electron chi connectivity index (χ0n) is 11.4. The average Bonchev–Trinajstić information content (AvgIpc) is 2.91. The summed E-state index contributed by atoms with van der Waals surface area (Å²) in [6.45, 7) is 7.53. The van der Waals surface area contributed by atoms with Crippen LogP contribution in [0.1, 0.15) is 32.6 Å². The summed E-state index contributed by atoms with van der Waals surface area (Å²) < 4.78 is 0. The molecule has 0 bridgehead atoms. The third kappa shape index (κ3) is 3.36. The second-order valence-electron chi connectivity index (χ2n) is 5.69. The van der Waals surface area contributed by atoms with Gasteiger partial charge in [-0.15, -0.1) is 0 Å². The topological polar surface area (TPSA) is 65.1 Å². The molecule has 1 unspecified atom stereocenters. The van der Waals surface area contributed by atoms with E-state index in [0.29, 0.717) is 5.84 Å². The first-order valence-electron chi connectivity index (χ1n) is 7.14. The van der Waals surface area contributed by atoms with E-state index in [1.54, 1.807) is 0 Å². The van der Waals surface area contributed by atoms with Gasteiger partial charge in [0.15, 0.2) is 5.84 Å². The molecule has 1 aliphatic heterocycles. The molecule has 0 radical (unpaired) electrons. The lowest BCUT2D eigenvalue weighted by Crippen LogP contribution is -2.53. The lowest BCUT2D eigenvalue weighted by Gasteiger charge is -2.38. The minimum absolute atomic E-state index is 0.0450. The summed E-state index contributed by atoms with van der Waals surface area (Å²) >= 11 is 0. The molecule has 5 nitrogen and oxygen atoms in total. The number of hydrogen-bond acceptors (Lipinski definition) is 4. The summed E-state index contributed by atoms with van der Waals surface area (Å²) in [5, 5.41) is 11.8. The number of nitrogens with zero attached hydrogens (tertiary/aromatic N) is 3. The first kappa shape index (κ1) is 13.6. The third-order valence-electron chi connectivity index (χ3n) is 4.49. The number of rotatable bonds is 4. The first-order chi connectivity index (χ1) is 8.70. The van der Waals surface area contributed by atoms with Crippen molar-refractivity contribution in [3.05, 3.63) is 0 Å². The van der Waals surface area contributed by atoms with E-state index in [9.17, 15) is 0 Å². The van der Waals surface area contributed by atoms with Crippen molar-refractivity contribution < 1.29 is 5.21 Å². The summed E-state index contributed by atoms with van der Waals surface area (Å²) in [4.78, 5) is 4.87. The van der Waals surface area contributed by atoms with Crippen molar-refractivity contribution in [2.45, 2.75) is 38.6 Å². The van der Waals surface area contributed by atoms with Crippen molar-refractivity contribution in [3.8, 4) is 0 Å². The van der Waals surface area contributed by atoms with E-state index in [0.717, 1.165) is 32.1 Å². The van der Waals surface area contributed by atoms with Crippen LogP contribution in [0.5, 0.6) is 0 Å². The molecule has 1 saturated heterocycles. The van der Waals surface area contributed by atoms with Crippen LogP contribution in [0, 0.1) is 5.92 Å². The Bertz CT molecular complexity index is 281. The molecule has 2 rings (SSSR count). The highest BCUT2D eigenvalue weighted by atomic mass is 16.4. The van der Waals surface area contributed by atoms with Crippen LogP contribution in [0.15, 0.2) is 5.16 Å². The Labute approximate surface area is 110 Å². The maximum atomic E-state index is 8.70. The van der Waals surface area contributed by atoms with Crippen LogP contribution in [-0.4, -0.2) is 59.6 Å². The summed E-state index contributed by atoms with van der Waals surface area (Å²) in [7, 11) is 0. The zero-order valence-corrected chi connectivity index (χ0v) is 11.4. The van der Waals surface area contributed by atoms with Gasteiger partial charge in [-0.3, -0.25) is 4.90 Å². The average molecular weight is 254 g/mol. The molecule has 0 amide bonds. The quantitative estimate of drug-likeness (QED) is 0.339. The van der Waals surface area contributed by atoms with E-state index in [1.165, 1.54) is 32.2 Å². The Morgan fingerprint density at radius 3 is 2.44 bits per heavy atom. The highest BCUT2D eigenvalue weighted by Crippen LogP contribution is 2.25. The summed E-state index contributed by atoms with van der Waals surface area (Å²) in [6.07, 6.45) is 5.68. The molecule has 18 heavy (non-hydrogen) atoms. The van der Waals surface area contributed by atoms with Crippen LogP contribution in [0.3, 0.4) is 0 Å². The van der Waals surface area contributed by atoms with E-state index in [1.807, 2.05) is 6.92 Å². The molecule has 1 atom stereocenters. The lowest BCUT2D eigenvalue weighted by molar-refractivity contribution is 0.108. The molecule has 2 aliphatic rings. The Morgan fingerprint density at radius 2 is 1.89 bits per heavy atom. The van der Waals surface area contributed by atoms with E-state index in [4.69, 9.17) is 10.9 Å². The molecule has 0 aromatic rings. The van der Waals surface area contributed by atoms with Gasteiger partial charge in [0.2, 0.25) is 0 Å². The van der Waals surface area contributed by atoms with Crippen LogP contribution in [0.25, 0.3) is 0 Å². The van der Waals surface area contributed by atoms with Gasteiger partial charge in [-0.05, 0) is 25.7 Å². The first-order valence-corrected chi connectivity index (χ1v) is 7.14. The minimum Gasteiger partial charge on any atom is -0.409 e. The van der Waals surface area contributed by atoms with Gasteiger partial charge in [-0.25, -0.2) is 0 Å². The predicted molar refractivity (Wildman–Crippen MR) is 72.8 cm³/mol. The molecule has 0 aromatic carbocycles. The minimum atomic E-state index is 0.0450. The summed E-state index contributed by atoms with van der Waals surface area (Å²) in [5.41, 5.74) is 5.66. The van der Waals surface area contributed by atoms with Crippen LogP contribution in [0.4, 0.5) is 0 Å². The number of oxime groups is 1.